The molecule has 26 heavy (non-hydrogen) atoms. The fraction of sp³-hybridized carbons (Fsp3) is 0.412. The third-order valence-corrected chi connectivity index (χ3v) is 5.10. The van der Waals surface area contributed by atoms with E-state index in [-0.39, 0.29) is 10.8 Å². The van der Waals surface area contributed by atoms with Crippen molar-refractivity contribution in [3.05, 3.63) is 45.4 Å². The number of thioether (sulfide) groups is 1. The molecule has 138 valence electrons. The summed E-state index contributed by atoms with van der Waals surface area (Å²) in [7, 11) is 1.64. The van der Waals surface area contributed by atoms with Crippen molar-refractivity contribution in [2.24, 2.45) is 0 Å². The smallest absolute Gasteiger partial charge is 0.262 e. The fourth-order valence-corrected chi connectivity index (χ4v) is 3.64. The topological polar surface area (TPSA) is 83.0 Å². The van der Waals surface area contributed by atoms with E-state index < -0.39 is 0 Å². The summed E-state index contributed by atoms with van der Waals surface area (Å²) in [6.07, 6.45) is 0.707. The van der Waals surface area contributed by atoms with Crippen LogP contribution in [0.15, 0.2) is 32.6 Å². The van der Waals surface area contributed by atoms with Crippen molar-refractivity contribution in [1.29, 1.82) is 0 Å². The third-order valence-electron chi connectivity index (χ3n) is 3.78. The van der Waals surface area contributed by atoms with Gasteiger partial charge in [0.05, 0.1) is 16.2 Å². The average Bonchev–Trinajstić information content (AvgIpc) is 3.04. The van der Waals surface area contributed by atoms with Gasteiger partial charge in [-0.05, 0) is 31.5 Å². The maximum absolute atomic E-state index is 13.0. The minimum Gasteiger partial charge on any atom is -0.424 e. The number of hydrogen-bond acceptors (Lipinski definition) is 7. The van der Waals surface area contributed by atoms with E-state index in [1.807, 2.05) is 6.92 Å². The first-order valence-corrected chi connectivity index (χ1v) is 9.41. The van der Waals surface area contributed by atoms with E-state index in [2.05, 4.69) is 15.2 Å². The van der Waals surface area contributed by atoms with Gasteiger partial charge in [0.2, 0.25) is 11.8 Å². The third kappa shape index (κ3) is 4.08. The molecular formula is C17H19ClN4O3S. The molecular weight excluding hydrogens is 376 g/mol. The van der Waals surface area contributed by atoms with Crippen LogP contribution >= 0.6 is 23.4 Å². The molecule has 0 radical (unpaired) electrons. The van der Waals surface area contributed by atoms with Gasteiger partial charge in [-0.25, -0.2) is 4.98 Å². The van der Waals surface area contributed by atoms with E-state index in [0.29, 0.717) is 52.4 Å². The summed E-state index contributed by atoms with van der Waals surface area (Å²) >= 11 is 7.47. The lowest BCUT2D eigenvalue weighted by Gasteiger charge is -2.15. The van der Waals surface area contributed by atoms with Crippen molar-refractivity contribution in [3.8, 4) is 0 Å². The zero-order chi connectivity index (χ0) is 18.7. The molecule has 0 aliphatic carbocycles. The molecule has 0 spiro atoms. The van der Waals surface area contributed by atoms with Crippen molar-refractivity contribution in [3.63, 3.8) is 0 Å². The Morgan fingerprint density at radius 3 is 2.88 bits per heavy atom. The van der Waals surface area contributed by atoms with E-state index >= 15 is 0 Å². The number of halogens is 1. The lowest BCUT2D eigenvalue weighted by Crippen LogP contribution is -2.24. The van der Waals surface area contributed by atoms with E-state index in [1.165, 1.54) is 11.8 Å². The molecule has 9 heteroatoms. The highest BCUT2D eigenvalue weighted by Gasteiger charge is 2.19. The van der Waals surface area contributed by atoms with Crippen molar-refractivity contribution < 1.29 is 9.15 Å². The summed E-state index contributed by atoms with van der Waals surface area (Å²) < 4.78 is 12.3. The zero-order valence-electron chi connectivity index (χ0n) is 14.7. The number of methoxy groups -OCH3 is 1. The largest absolute Gasteiger partial charge is 0.424 e. The minimum atomic E-state index is -0.145. The van der Waals surface area contributed by atoms with Crippen LogP contribution in [0.1, 0.15) is 30.4 Å². The highest BCUT2D eigenvalue weighted by molar-refractivity contribution is 7.99. The van der Waals surface area contributed by atoms with Gasteiger partial charge >= 0.3 is 0 Å². The first-order chi connectivity index (χ1) is 12.5. The lowest BCUT2D eigenvalue weighted by molar-refractivity contribution is 0.189. The Kier molecular flexibility index (Phi) is 5.95. The van der Waals surface area contributed by atoms with E-state index in [4.69, 9.17) is 20.8 Å². The number of benzene rings is 1. The molecule has 2 heterocycles. The molecule has 0 aliphatic heterocycles. The van der Waals surface area contributed by atoms with Crippen LogP contribution in [0.3, 0.4) is 0 Å². The van der Waals surface area contributed by atoms with Crippen LogP contribution in [0, 0.1) is 6.92 Å². The van der Waals surface area contributed by atoms with Gasteiger partial charge in [0.25, 0.3) is 5.56 Å². The molecule has 0 N–H and O–H groups in total. The molecule has 0 saturated heterocycles. The minimum absolute atomic E-state index is 0.0980. The summed E-state index contributed by atoms with van der Waals surface area (Å²) in [6.45, 7) is 4.75. The number of aromatic nitrogens is 4. The predicted octanol–water partition coefficient (Wildman–Crippen LogP) is 3.63. The molecule has 0 saturated carbocycles. The van der Waals surface area contributed by atoms with Gasteiger partial charge in [0, 0.05) is 32.2 Å². The molecule has 0 amide bonds. The Labute approximate surface area is 159 Å². The highest BCUT2D eigenvalue weighted by Crippen LogP contribution is 2.33. The molecule has 3 aromatic rings. The number of aryl methyl sites for hydroxylation is 1. The number of rotatable bonds is 7. The molecule has 1 atom stereocenters. The van der Waals surface area contributed by atoms with Crippen LogP contribution in [0.2, 0.25) is 5.02 Å². The lowest BCUT2D eigenvalue weighted by atomic mass is 10.2. The first kappa shape index (κ1) is 18.9. The van der Waals surface area contributed by atoms with E-state index in [0.717, 1.165) is 0 Å². The summed E-state index contributed by atoms with van der Waals surface area (Å²) in [5.74, 6) is 1.000. The van der Waals surface area contributed by atoms with Crippen molar-refractivity contribution >= 4 is 34.3 Å². The Morgan fingerprint density at radius 2 is 2.19 bits per heavy atom. The number of fused-ring (bicyclic) bond motifs is 1. The van der Waals surface area contributed by atoms with Gasteiger partial charge in [0.1, 0.15) is 0 Å². The Morgan fingerprint density at radius 1 is 1.38 bits per heavy atom. The van der Waals surface area contributed by atoms with Gasteiger partial charge in [-0.3, -0.25) is 9.36 Å². The second kappa shape index (κ2) is 8.20. The molecule has 1 aromatic carbocycles. The molecule has 2 aromatic heterocycles. The Bertz CT molecular complexity index is 972. The van der Waals surface area contributed by atoms with Crippen molar-refractivity contribution in [2.45, 2.75) is 37.2 Å². The Hall–Kier alpha value is -1.90. The second-order valence-corrected chi connectivity index (χ2v) is 7.52. The van der Waals surface area contributed by atoms with Crippen LogP contribution in [0.25, 0.3) is 10.9 Å². The molecule has 0 aliphatic rings. The quantitative estimate of drug-likeness (QED) is 0.343. The van der Waals surface area contributed by atoms with Gasteiger partial charge < -0.3 is 9.15 Å². The summed E-state index contributed by atoms with van der Waals surface area (Å²) in [4.78, 5) is 17.6. The first-order valence-electron chi connectivity index (χ1n) is 8.15. The van der Waals surface area contributed by atoms with Gasteiger partial charge in [-0.2, -0.15) is 0 Å². The van der Waals surface area contributed by atoms with Crippen molar-refractivity contribution in [2.75, 3.05) is 13.7 Å². The molecule has 0 bridgehead atoms. The molecule has 3 rings (SSSR count). The number of ether oxygens (including phenoxy) is 1. The summed E-state index contributed by atoms with van der Waals surface area (Å²) in [6, 6.07) is 5.10. The normalized spacial score (nSPS) is 12.6. The van der Waals surface area contributed by atoms with Crippen molar-refractivity contribution in [1.82, 2.24) is 19.7 Å². The van der Waals surface area contributed by atoms with Crippen LogP contribution in [-0.2, 0) is 11.3 Å². The average molecular weight is 395 g/mol. The predicted molar refractivity (Wildman–Crippen MR) is 101 cm³/mol. The van der Waals surface area contributed by atoms with E-state index in [1.54, 1.807) is 36.8 Å². The number of hydrogen-bond donors (Lipinski definition) is 0. The van der Waals surface area contributed by atoms with Gasteiger partial charge in [0.15, 0.2) is 5.16 Å². The molecule has 1 unspecified atom stereocenters. The van der Waals surface area contributed by atoms with Crippen LogP contribution in [-0.4, -0.2) is 33.5 Å². The monoisotopic (exact) mass is 394 g/mol. The van der Waals surface area contributed by atoms with Gasteiger partial charge in [-0.1, -0.05) is 23.4 Å². The molecule has 0 fully saturated rings. The summed E-state index contributed by atoms with van der Waals surface area (Å²) in [5.41, 5.74) is 0.473. The fourth-order valence-electron chi connectivity index (χ4n) is 2.51. The Balaban J connectivity index is 2.02. The maximum atomic E-state index is 13.0. The molecule has 7 nitrogen and oxygen atoms in total. The highest BCUT2D eigenvalue weighted by atomic mass is 35.5. The SMILES string of the molecule is COCCCn1c(SC(C)c2nnc(C)o2)nc2cc(Cl)ccc2c1=O. The summed E-state index contributed by atoms with van der Waals surface area (Å²) in [5, 5.41) is 9.43. The van der Waals surface area contributed by atoms with Crippen LogP contribution in [0.5, 0.6) is 0 Å². The van der Waals surface area contributed by atoms with Gasteiger partial charge in [-0.15, -0.1) is 10.2 Å². The van der Waals surface area contributed by atoms with Crippen LogP contribution in [0.4, 0.5) is 0 Å². The van der Waals surface area contributed by atoms with Crippen LogP contribution < -0.4 is 5.56 Å². The second-order valence-electron chi connectivity index (χ2n) is 5.78. The zero-order valence-corrected chi connectivity index (χ0v) is 16.3. The standard InChI is InChI=1S/C17H19ClN4O3S/c1-10(15-21-20-11(2)25-15)26-17-19-14-9-12(18)5-6-13(14)16(23)22(17)7-4-8-24-3/h5-6,9-10H,4,7-8H2,1-3H3. The number of nitrogens with zero attached hydrogens (tertiary/aromatic N) is 4. The van der Waals surface area contributed by atoms with E-state index in [9.17, 15) is 4.79 Å². The maximum Gasteiger partial charge on any atom is 0.262 e.